The second kappa shape index (κ2) is 5.50. The molecule has 0 unspecified atom stereocenters. The summed E-state index contributed by atoms with van der Waals surface area (Å²) in [5, 5.41) is 13.6. The number of halogens is 2. The molecule has 2 aromatic rings. The molecule has 1 aromatic carbocycles. The van der Waals surface area contributed by atoms with Crippen LogP contribution in [0.15, 0.2) is 18.2 Å². The van der Waals surface area contributed by atoms with E-state index >= 15 is 0 Å². The van der Waals surface area contributed by atoms with E-state index in [1.807, 2.05) is 0 Å². The Bertz CT molecular complexity index is 670. The van der Waals surface area contributed by atoms with E-state index in [0.717, 1.165) is 12.1 Å². The molecule has 0 atom stereocenters. The van der Waals surface area contributed by atoms with E-state index in [-0.39, 0.29) is 17.9 Å². The standard InChI is InChI=1S/C13H12ClFN2O3/c1-7-12(14)10(17(2)16-7)6-20-11-4-3-8(15)5-9(11)13(18)19/h3-5H,6H2,1-2H3,(H,18,19). The van der Waals surface area contributed by atoms with Crippen molar-refractivity contribution < 1.29 is 19.0 Å². The minimum atomic E-state index is -1.26. The summed E-state index contributed by atoms with van der Waals surface area (Å²) >= 11 is 6.07. The Morgan fingerprint density at radius 1 is 1.55 bits per heavy atom. The molecule has 0 spiro atoms. The minimum Gasteiger partial charge on any atom is -0.486 e. The molecule has 7 heteroatoms. The first kappa shape index (κ1) is 14.3. The van der Waals surface area contributed by atoms with Crippen molar-refractivity contribution in [2.24, 2.45) is 7.05 Å². The van der Waals surface area contributed by atoms with Crippen LogP contribution in [0.3, 0.4) is 0 Å². The summed E-state index contributed by atoms with van der Waals surface area (Å²) in [6, 6.07) is 3.32. The molecule has 0 radical (unpaired) electrons. The summed E-state index contributed by atoms with van der Waals surface area (Å²) < 4.78 is 20.0. The third kappa shape index (κ3) is 2.75. The Balaban J connectivity index is 2.25. The van der Waals surface area contributed by atoms with E-state index in [1.165, 1.54) is 6.07 Å². The van der Waals surface area contributed by atoms with Crippen LogP contribution < -0.4 is 4.74 Å². The van der Waals surface area contributed by atoms with Gasteiger partial charge in [-0.3, -0.25) is 4.68 Å². The molecule has 1 heterocycles. The molecular weight excluding hydrogens is 287 g/mol. The maximum atomic E-state index is 13.0. The molecule has 1 N–H and O–H groups in total. The molecule has 1 aromatic heterocycles. The Labute approximate surface area is 119 Å². The molecule has 106 valence electrons. The average molecular weight is 299 g/mol. The predicted molar refractivity (Wildman–Crippen MR) is 70.6 cm³/mol. The number of carboxylic acid groups (broad SMARTS) is 1. The van der Waals surface area contributed by atoms with Gasteiger partial charge in [0.25, 0.3) is 0 Å². The van der Waals surface area contributed by atoms with E-state index in [0.29, 0.717) is 16.4 Å². The molecule has 0 fully saturated rings. The van der Waals surface area contributed by atoms with Crippen LogP contribution in [-0.4, -0.2) is 20.9 Å². The molecule has 0 bridgehead atoms. The molecule has 0 saturated carbocycles. The lowest BCUT2D eigenvalue weighted by molar-refractivity contribution is 0.0691. The van der Waals surface area contributed by atoms with E-state index in [4.69, 9.17) is 21.4 Å². The van der Waals surface area contributed by atoms with Gasteiger partial charge in [-0.05, 0) is 25.1 Å². The number of rotatable bonds is 4. The highest BCUT2D eigenvalue weighted by Gasteiger charge is 2.15. The van der Waals surface area contributed by atoms with Gasteiger partial charge in [0.2, 0.25) is 0 Å². The molecule has 0 aliphatic heterocycles. The lowest BCUT2D eigenvalue weighted by Crippen LogP contribution is -2.07. The van der Waals surface area contributed by atoms with Crippen LogP contribution in [-0.2, 0) is 13.7 Å². The number of hydrogen-bond acceptors (Lipinski definition) is 3. The summed E-state index contributed by atoms with van der Waals surface area (Å²) in [6.07, 6.45) is 0. The van der Waals surface area contributed by atoms with Gasteiger partial charge in [-0.25, -0.2) is 9.18 Å². The van der Waals surface area contributed by atoms with Crippen molar-refractivity contribution in [1.82, 2.24) is 9.78 Å². The highest BCUT2D eigenvalue weighted by molar-refractivity contribution is 6.31. The molecule has 5 nitrogen and oxygen atoms in total. The fraction of sp³-hybridized carbons (Fsp3) is 0.231. The fourth-order valence-electron chi connectivity index (χ4n) is 1.78. The van der Waals surface area contributed by atoms with Crippen LogP contribution in [0.25, 0.3) is 0 Å². The van der Waals surface area contributed by atoms with Crippen LogP contribution in [0.4, 0.5) is 4.39 Å². The fourth-order valence-corrected chi connectivity index (χ4v) is 1.99. The first-order valence-corrected chi connectivity index (χ1v) is 6.11. The number of carboxylic acids is 1. The predicted octanol–water partition coefficient (Wildman–Crippen LogP) is 2.80. The summed E-state index contributed by atoms with van der Waals surface area (Å²) in [6.45, 7) is 1.80. The lowest BCUT2D eigenvalue weighted by atomic mass is 10.2. The minimum absolute atomic E-state index is 0.0437. The van der Waals surface area contributed by atoms with Gasteiger partial charge >= 0.3 is 5.97 Å². The number of carbonyl (C=O) groups is 1. The highest BCUT2D eigenvalue weighted by atomic mass is 35.5. The Kier molecular flexibility index (Phi) is 3.94. The first-order chi connectivity index (χ1) is 9.40. The van der Waals surface area contributed by atoms with E-state index < -0.39 is 11.8 Å². The zero-order valence-electron chi connectivity index (χ0n) is 10.9. The number of aryl methyl sites for hydroxylation is 2. The van der Waals surface area contributed by atoms with E-state index in [2.05, 4.69) is 5.10 Å². The molecule has 0 aliphatic rings. The smallest absolute Gasteiger partial charge is 0.339 e. The van der Waals surface area contributed by atoms with Gasteiger partial charge in [0, 0.05) is 7.05 Å². The van der Waals surface area contributed by atoms with Gasteiger partial charge in [-0.2, -0.15) is 5.10 Å². The first-order valence-electron chi connectivity index (χ1n) is 5.73. The van der Waals surface area contributed by atoms with Crippen molar-refractivity contribution in [3.63, 3.8) is 0 Å². The van der Waals surface area contributed by atoms with Gasteiger partial charge < -0.3 is 9.84 Å². The maximum Gasteiger partial charge on any atom is 0.339 e. The molecule has 0 amide bonds. The molecule has 0 saturated heterocycles. The van der Waals surface area contributed by atoms with Crippen molar-refractivity contribution in [2.75, 3.05) is 0 Å². The van der Waals surface area contributed by atoms with E-state index in [9.17, 15) is 9.18 Å². The van der Waals surface area contributed by atoms with Gasteiger partial charge in [0.15, 0.2) is 0 Å². The van der Waals surface area contributed by atoms with Gasteiger partial charge in [-0.15, -0.1) is 0 Å². The summed E-state index contributed by atoms with van der Waals surface area (Å²) in [4.78, 5) is 11.0. The SMILES string of the molecule is Cc1nn(C)c(COc2ccc(F)cc2C(=O)O)c1Cl. The Hall–Kier alpha value is -2.08. The van der Waals surface area contributed by atoms with Crippen molar-refractivity contribution >= 4 is 17.6 Å². The lowest BCUT2D eigenvalue weighted by Gasteiger charge is -2.09. The summed E-state index contributed by atoms with van der Waals surface area (Å²) in [7, 11) is 1.71. The normalized spacial score (nSPS) is 10.6. The number of ether oxygens (including phenoxy) is 1. The zero-order valence-corrected chi connectivity index (χ0v) is 11.6. The van der Waals surface area contributed by atoms with Gasteiger partial charge in [-0.1, -0.05) is 11.6 Å². The van der Waals surface area contributed by atoms with Crippen LogP contribution >= 0.6 is 11.6 Å². The third-order valence-corrected chi connectivity index (χ3v) is 3.29. The molecule has 2 rings (SSSR count). The second-order valence-electron chi connectivity index (χ2n) is 4.20. The highest BCUT2D eigenvalue weighted by Crippen LogP contribution is 2.24. The number of hydrogen-bond donors (Lipinski definition) is 1. The largest absolute Gasteiger partial charge is 0.486 e. The van der Waals surface area contributed by atoms with E-state index in [1.54, 1.807) is 18.7 Å². The second-order valence-corrected chi connectivity index (χ2v) is 4.58. The third-order valence-electron chi connectivity index (χ3n) is 2.80. The maximum absolute atomic E-state index is 13.0. The molecule has 20 heavy (non-hydrogen) atoms. The average Bonchev–Trinajstić information content (AvgIpc) is 2.62. The number of benzene rings is 1. The zero-order chi connectivity index (χ0) is 14.9. The topological polar surface area (TPSA) is 64.4 Å². The van der Waals surface area contributed by atoms with Crippen molar-refractivity contribution in [2.45, 2.75) is 13.5 Å². The summed E-state index contributed by atoms with van der Waals surface area (Å²) in [5.41, 5.74) is 1.04. The molecule has 0 aliphatic carbocycles. The van der Waals surface area contributed by atoms with Crippen LogP contribution in [0.2, 0.25) is 5.02 Å². The van der Waals surface area contributed by atoms with Crippen LogP contribution in [0.5, 0.6) is 5.75 Å². The number of aromatic nitrogens is 2. The van der Waals surface area contributed by atoms with Crippen LogP contribution in [0.1, 0.15) is 21.7 Å². The number of aromatic carboxylic acids is 1. The summed E-state index contributed by atoms with van der Waals surface area (Å²) in [5.74, 6) is -1.82. The Morgan fingerprint density at radius 3 is 2.80 bits per heavy atom. The molecular formula is C13H12ClFN2O3. The van der Waals surface area contributed by atoms with Gasteiger partial charge in [0.1, 0.15) is 23.7 Å². The van der Waals surface area contributed by atoms with Crippen molar-refractivity contribution in [1.29, 1.82) is 0 Å². The van der Waals surface area contributed by atoms with Gasteiger partial charge in [0.05, 0.1) is 16.4 Å². The monoisotopic (exact) mass is 298 g/mol. The van der Waals surface area contributed by atoms with Crippen molar-refractivity contribution in [3.8, 4) is 5.75 Å². The number of nitrogens with zero attached hydrogens (tertiary/aromatic N) is 2. The van der Waals surface area contributed by atoms with Crippen molar-refractivity contribution in [3.05, 3.63) is 46.0 Å². The quantitative estimate of drug-likeness (QED) is 0.942. The van der Waals surface area contributed by atoms with Crippen LogP contribution in [0, 0.1) is 12.7 Å². The Morgan fingerprint density at radius 2 is 2.25 bits per heavy atom.